The highest BCUT2D eigenvalue weighted by molar-refractivity contribution is 5.69. The summed E-state index contributed by atoms with van der Waals surface area (Å²) in [6.07, 6.45) is 3.09. The van der Waals surface area contributed by atoms with E-state index in [1.807, 2.05) is 31.2 Å². The minimum atomic E-state index is -0.334. The molecular weight excluding hydrogens is 230 g/mol. The minimum absolute atomic E-state index is 0.0724. The number of aromatic nitrogens is 2. The predicted octanol–water partition coefficient (Wildman–Crippen LogP) is 1.52. The first-order chi connectivity index (χ1) is 8.63. The average Bonchev–Trinajstić information content (AvgIpc) is 2.72. The molecule has 0 unspecified atom stereocenters. The summed E-state index contributed by atoms with van der Waals surface area (Å²) in [4.78, 5) is 11.6. The summed E-state index contributed by atoms with van der Waals surface area (Å²) in [6.45, 7) is 2.35. The molecule has 0 aliphatic carbocycles. The lowest BCUT2D eigenvalue weighted by Gasteiger charge is -2.05. The highest BCUT2D eigenvalue weighted by Crippen LogP contribution is 2.06. The molecule has 5 nitrogen and oxygen atoms in total. The van der Waals surface area contributed by atoms with Crippen LogP contribution in [0.1, 0.15) is 11.1 Å². The third kappa shape index (κ3) is 3.35. The second-order valence-corrected chi connectivity index (χ2v) is 4.12. The predicted molar refractivity (Wildman–Crippen MR) is 67.6 cm³/mol. The number of carbonyl (C=O) groups excluding carboxylic acids is 1. The van der Waals surface area contributed by atoms with Crippen LogP contribution in [0.5, 0.6) is 0 Å². The Bertz CT molecular complexity index is 549. The van der Waals surface area contributed by atoms with Crippen LogP contribution in [0.4, 0.5) is 5.69 Å². The molecule has 1 aromatic carbocycles. The average molecular weight is 245 g/mol. The molecule has 1 heterocycles. The Morgan fingerprint density at radius 1 is 1.50 bits per heavy atom. The van der Waals surface area contributed by atoms with Gasteiger partial charge in [-0.25, -0.2) is 0 Å². The van der Waals surface area contributed by atoms with Gasteiger partial charge >= 0.3 is 5.97 Å². The van der Waals surface area contributed by atoms with Gasteiger partial charge in [0.1, 0.15) is 13.2 Å². The van der Waals surface area contributed by atoms with Crippen LogP contribution < -0.4 is 5.73 Å². The van der Waals surface area contributed by atoms with Crippen molar-refractivity contribution in [2.75, 3.05) is 5.73 Å². The molecule has 0 aliphatic heterocycles. The van der Waals surface area contributed by atoms with E-state index >= 15 is 0 Å². The summed E-state index contributed by atoms with van der Waals surface area (Å²) < 4.78 is 6.61. The van der Waals surface area contributed by atoms with Crippen molar-refractivity contribution < 1.29 is 9.53 Å². The number of nitrogens with zero attached hydrogens (tertiary/aromatic N) is 2. The van der Waals surface area contributed by atoms with E-state index < -0.39 is 0 Å². The molecule has 1 aromatic heterocycles. The van der Waals surface area contributed by atoms with E-state index in [-0.39, 0.29) is 19.1 Å². The number of benzene rings is 1. The van der Waals surface area contributed by atoms with Gasteiger partial charge in [-0.05, 0) is 12.5 Å². The molecule has 2 N–H and O–H groups in total. The van der Waals surface area contributed by atoms with Gasteiger partial charge < -0.3 is 10.5 Å². The molecule has 0 atom stereocenters. The molecule has 0 saturated carbocycles. The first-order valence-corrected chi connectivity index (χ1v) is 5.62. The number of ether oxygens (including phenoxy) is 1. The van der Waals surface area contributed by atoms with Gasteiger partial charge in [0.2, 0.25) is 0 Å². The van der Waals surface area contributed by atoms with Gasteiger partial charge in [0.15, 0.2) is 0 Å². The van der Waals surface area contributed by atoms with Crippen LogP contribution in [-0.2, 0) is 22.7 Å². The third-order valence-electron chi connectivity index (χ3n) is 2.43. The number of esters is 1. The summed E-state index contributed by atoms with van der Waals surface area (Å²) in [6, 6.07) is 7.84. The zero-order chi connectivity index (χ0) is 13.0. The van der Waals surface area contributed by atoms with Crippen molar-refractivity contribution >= 4 is 11.7 Å². The molecule has 5 heteroatoms. The van der Waals surface area contributed by atoms with Gasteiger partial charge in [0.05, 0.1) is 11.9 Å². The van der Waals surface area contributed by atoms with Gasteiger partial charge in [0, 0.05) is 6.20 Å². The Morgan fingerprint density at radius 2 is 2.33 bits per heavy atom. The van der Waals surface area contributed by atoms with Crippen LogP contribution in [0.3, 0.4) is 0 Å². The Hall–Kier alpha value is -2.30. The number of hydrogen-bond acceptors (Lipinski definition) is 4. The van der Waals surface area contributed by atoms with E-state index in [9.17, 15) is 4.79 Å². The van der Waals surface area contributed by atoms with E-state index in [0.29, 0.717) is 5.69 Å². The Morgan fingerprint density at radius 3 is 3.00 bits per heavy atom. The van der Waals surface area contributed by atoms with E-state index in [1.165, 1.54) is 10.9 Å². The quantitative estimate of drug-likeness (QED) is 0.829. The summed E-state index contributed by atoms with van der Waals surface area (Å²) in [5.41, 5.74) is 8.15. The van der Waals surface area contributed by atoms with Crippen LogP contribution in [0, 0.1) is 6.92 Å². The SMILES string of the molecule is Cc1cccc(COC(=O)Cn2cc(N)cn2)c1. The fraction of sp³-hybridized carbons (Fsp3) is 0.231. The van der Waals surface area contributed by atoms with Gasteiger partial charge in [-0.3, -0.25) is 9.48 Å². The molecule has 0 fully saturated rings. The highest BCUT2D eigenvalue weighted by atomic mass is 16.5. The lowest BCUT2D eigenvalue weighted by molar-refractivity contribution is -0.145. The molecular formula is C13H15N3O2. The second kappa shape index (κ2) is 5.35. The Balaban J connectivity index is 1.85. The summed E-state index contributed by atoms with van der Waals surface area (Å²) >= 11 is 0. The first kappa shape index (κ1) is 12.2. The fourth-order valence-corrected chi connectivity index (χ4v) is 1.61. The molecule has 0 spiro atoms. The zero-order valence-corrected chi connectivity index (χ0v) is 10.2. The van der Waals surface area contributed by atoms with Crippen LogP contribution in [0.25, 0.3) is 0 Å². The van der Waals surface area contributed by atoms with E-state index in [1.54, 1.807) is 6.20 Å². The largest absolute Gasteiger partial charge is 0.459 e. The van der Waals surface area contributed by atoms with E-state index in [0.717, 1.165) is 11.1 Å². The topological polar surface area (TPSA) is 70.1 Å². The molecule has 2 rings (SSSR count). The minimum Gasteiger partial charge on any atom is -0.459 e. The number of rotatable bonds is 4. The number of aryl methyl sites for hydroxylation is 1. The zero-order valence-electron chi connectivity index (χ0n) is 10.2. The van der Waals surface area contributed by atoms with Crippen molar-refractivity contribution in [3.63, 3.8) is 0 Å². The molecule has 18 heavy (non-hydrogen) atoms. The van der Waals surface area contributed by atoms with Crippen molar-refractivity contribution in [3.05, 3.63) is 47.8 Å². The normalized spacial score (nSPS) is 10.3. The van der Waals surface area contributed by atoms with Gasteiger partial charge in [-0.1, -0.05) is 29.8 Å². The van der Waals surface area contributed by atoms with Crippen LogP contribution in [0.2, 0.25) is 0 Å². The fourth-order valence-electron chi connectivity index (χ4n) is 1.61. The maximum Gasteiger partial charge on any atom is 0.328 e. The van der Waals surface area contributed by atoms with E-state index in [4.69, 9.17) is 10.5 Å². The molecule has 0 aliphatic rings. The van der Waals surface area contributed by atoms with Gasteiger partial charge in [-0.2, -0.15) is 5.10 Å². The number of hydrogen-bond donors (Lipinski definition) is 1. The molecule has 94 valence electrons. The lowest BCUT2D eigenvalue weighted by Crippen LogP contribution is -2.13. The summed E-state index contributed by atoms with van der Waals surface area (Å²) in [5.74, 6) is -0.334. The smallest absolute Gasteiger partial charge is 0.328 e. The van der Waals surface area contributed by atoms with Crippen molar-refractivity contribution in [2.45, 2.75) is 20.1 Å². The van der Waals surface area contributed by atoms with Crippen molar-refractivity contribution in [3.8, 4) is 0 Å². The van der Waals surface area contributed by atoms with Crippen LogP contribution in [0.15, 0.2) is 36.7 Å². The second-order valence-electron chi connectivity index (χ2n) is 4.12. The molecule has 0 bridgehead atoms. The molecule has 2 aromatic rings. The Kier molecular flexibility index (Phi) is 3.62. The maximum atomic E-state index is 11.6. The van der Waals surface area contributed by atoms with Crippen LogP contribution >= 0.6 is 0 Å². The Labute approximate surface area is 105 Å². The molecule has 0 amide bonds. The number of nitrogen functional groups attached to an aromatic ring is 1. The van der Waals surface area contributed by atoms with E-state index in [2.05, 4.69) is 5.10 Å². The summed E-state index contributed by atoms with van der Waals surface area (Å²) in [7, 11) is 0. The number of carbonyl (C=O) groups is 1. The first-order valence-electron chi connectivity index (χ1n) is 5.62. The molecule has 0 saturated heterocycles. The number of nitrogens with two attached hydrogens (primary N) is 1. The number of anilines is 1. The van der Waals surface area contributed by atoms with Crippen LogP contribution in [-0.4, -0.2) is 15.7 Å². The third-order valence-corrected chi connectivity index (χ3v) is 2.43. The summed E-state index contributed by atoms with van der Waals surface area (Å²) in [5, 5.41) is 3.92. The lowest BCUT2D eigenvalue weighted by atomic mass is 10.1. The van der Waals surface area contributed by atoms with Gasteiger partial charge in [-0.15, -0.1) is 0 Å². The molecule has 0 radical (unpaired) electrons. The van der Waals surface area contributed by atoms with Crippen molar-refractivity contribution in [1.82, 2.24) is 9.78 Å². The van der Waals surface area contributed by atoms with Crippen molar-refractivity contribution in [2.24, 2.45) is 0 Å². The maximum absolute atomic E-state index is 11.6. The van der Waals surface area contributed by atoms with Gasteiger partial charge in [0.25, 0.3) is 0 Å². The standard InChI is InChI=1S/C13H15N3O2/c1-10-3-2-4-11(5-10)9-18-13(17)8-16-7-12(14)6-15-16/h2-7H,8-9,14H2,1H3. The van der Waals surface area contributed by atoms with Crippen molar-refractivity contribution in [1.29, 1.82) is 0 Å². The monoisotopic (exact) mass is 245 g/mol. The highest BCUT2D eigenvalue weighted by Gasteiger charge is 2.05.